The number of halogens is 1. The first kappa shape index (κ1) is 27.6. The van der Waals surface area contributed by atoms with Crippen LogP contribution < -0.4 is 19.7 Å². The maximum atomic E-state index is 13.0. The molecule has 0 unspecified atom stereocenters. The lowest BCUT2D eigenvalue weighted by molar-refractivity contribution is -0.127. The number of amides is 3. The van der Waals surface area contributed by atoms with Gasteiger partial charge in [0, 0.05) is 24.5 Å². The third-order valence-electron chi connectivity index (χ3n) is 5.68. The van der Waals surface area contributed by atoms with Crippen LogP contribution in [-0.4, -0.2) is 68.0 Å². The Hall–Kier alpha value is -3.47. The first-order valence-corrected chi connectivity index (χ1v) is 13.3. The number of hydrogen-bond acceptors (Lipinski definition) is 8. The van der Waals surface area contributed by atoms with Crippen molar-refractivity contribution in [3.63, 3.8) is 0 Å². The molecule has 38 heavy (non-hydrogen) atoms. The second-order valence-electron chi connectivity index (χ2n) is 8.33. The SMILES string of the molecule is C=CCOc1c(Cl)cc(/C=C2/SC(=O)N(CC(=O)Nc3ccc(N4CCOCC4)cc3)C2=O)cc1OCC. The Kier molecular flexibility index (Phi) is 9.33. The van der Waals surface area contributed by atoms with E-state index in [-0.39, 0.29) is 11.5 Å². The number of hydrogen-bond donors (Lipinski definition) is 1. The fourth-order valence-corrected chi connectivity index (χ4v) is 5.04. The van der Waals surface area contributed by atoms with Gasteiger partial charge in [-0.15, -0.1) is 0 Å². The van der Waals surface area contributed by atoms with E-state index in [0.29, 0.717) is 47.6 Å². The third kappa shape index (κ3) is 6.69. The molecule has 1 N–H and O–H groups in total. The molecule has 2 aliphatic rings. The summed E-state index contributed by atoms with van der Waals surface area (Å²) in [6.45, 7) is 8.67. The minimum atomic E-state index is -0.557. The van der Waals surface area contributed by atoms with E-state index in [1.165, 1.54) is 0 Å². The Labute approximate surface area is 230 Å². The molecule has 0 bridgehead atoms. The maximum absolute atomic E-state index is 13.0. The zero-order valence-corrected chi connectivity index (χ0v) is 22.5. The lowest BCUT2D eigenvalue weighted by atomic mass is 10.1. The fourth-order valence-electron chi connectivity index (χ4n) is 3.93. The van der Waals surface area contributed by atoms with Crippen LogP contribution in [-0.2, 0) is 14.3 Å². The number of imide groups is 1. The predicted molar refractivity (Wildman–Crippen MR) is 149 cm³/mol. The highest BCUT2D eigenvalue weighted by atomic mass is 35.5. The smallest absolute Gasteiger partial charge is 0.294 e. The number of thioether (sulfide) groups is 1. The van der Waals surface area contributed by atoms with Crippen molar-refractivity contribution >= 4 is 57.9 Å². The zero-order valence-electron chi connectivity index (χ0n) is 20.9. The lowest BCUT2D eigenvalue weighted by Gasteiger charge is -2.28. The summed E-state index contributed by atoms with van der Waals surface area (Å²) in [5.74, 6) is -0.253. The molecule has 11 heteroatoms. The highest BCUT2D eigenvalue weighted by Crippen LogP contribution is 2.39. The number of morpholine rings is 1. The predicted octanol–water partition coefficient (Wildman–Crippen LogP) is 4.82. The van der Waals surface area contributed by atoms with Crippen LogP contribution in [0.2, 0.25) is 5.02 Å². The molecule has 2 aromatic carbocycles. The highest BCUT2D eigenvalue weighted by molar-refractivity contribution is 8.18. The lowest BCUT2D eigenvalue weighted by Crippen LogP contribution is -2.36. The molecule has 2 aliphatic heterocycles. The molecule has 200 valence electrons. The number of nitrogens with one attached hydrogen (secondary N) is 1. The minimum Gasteiger partial charge on any atom is -0.490 e. The number of anilines is 2. The fraction of sp³-hybridized carbons (Fsp3) is 0.296. The molecule has 2 aromatic rings. The van der Waals surface area contributed by atoms with E-state index in [9.17, 15) is 14.4 Å². The largest absolute Gasteiger partial charge is 0.490 e. The van der Waals surface area contributed by atoms with Gasteiger partial charge in [0.15, 0.2) is 11.5 Å². The van der Waals surface area contributed by atoms with Gasteiger partial charge in [-0.3, -0.25) is 19.3 Å². The molecule has 2 saturated heterocycles. The molecule has 0 aromatic heterocycles. The number of ether oxygens (including phenoxy) is 3. The molecule has 0 saturated carbocycles. The summed E-state index contributed by atoms with van der Waals surface area (Å²) >= 11 is 7.15. The summed E-state index contributed by atoms with van der Waals surface area (Å²) in [5, 5.41) is 2.51. The van der Waals surface area contributed by atoms with Gasteiger partial charge in [-0.05, 0) is 66.7 Å². The highest BCUT2D eigenvalue weighted by Gasteiger charge is 2.36. The second kappa shape index (κ2) is 12.9. The van der Waals surface area contributed by atoms with Gasteiger partial charge >= 0.3 is 0 Å². The van der Waals surface area contributed by atoms with Crippen molar-refractivity contribution in [2.75, 3.05) is 56.3 Å². The van der Waals surface area contributed by atoms with Gasteiger partial charge in [-0.1, -0.05) is 24.3 Å². The van der Waals surface area contributed by atoms with Crippen LogP contribution in [0.15, 0.2) is 54.0 Å². The standard InChI is InChI=1S/C27H28ClN3O6S/c1-3-11-37-25-21(28)14-18(15-22(25)36-4-2)16-23-26(33)31(27(34)38-23)17-24(32)29-19-5-7-20(8-6-19)30-9-12-35-13-10-30/h3,5-8,14-16H,1,4,9-13,17H2,2H3,(H,29,32)/b23-16+. The molecule has 2 heterocycles. The van der Waals surface area contributed by atoms with Crippen molar-refractivity contribution in [1.82, 2.24) is 4.90 Å². The topological polar surface area (TPSA) is 97.4 Å². The van der Waals surface area contributed by atoms with E-state index >= 15 is 0 Å². The molecular weight excluding hydrogens is 530 g/mol. The molecule has 0 aliphatic carbocycles. The van der Waals surface area contributed by atoms with E-state index in [4.69, 9.17) is 25.8 Å². The Morgan fingerprint density at radius 3 is 2.61 bits per heavy atom. The number of rotatable bonds is 10. The molecule has 4 rings (SSSR count). The van der Waals surface area contributed by atoms with Gasteiger partial charge in [-0.25, -0.2) is 0 Å². The molecule has 2 fully saturated rings. The summed E-state index contributed by atoms with van der Waals surface area (Å²) in [7, 11) is 0. The van der Waals surface area contributed by atoms with Gasteiger partial charge in [0.1, 0.15) is 13.2 Å². The monoisotopic (exact) mass is 557 g/mol. The van der Waals surface area contributed by atoms with E-state index in [0.717, 1.165) is 35.4 Å². The first-order valence-electron chi connectivity index (χ1n) is 12.1. The molecular formula is C27H28ClN3O6S. The molecule has 3 amide bonds. The number of nitrogens with zero attached hydrogens (tertiary/aromatic N) is 2. The summed E-state index contributed by atoms with van der Waals surface area (Å²) < 4.78 is 16.6. The number of benzene rings is 2. The van der Waals surface area contributed by atoms with Crippen molar-refractivity contribution in [2.45, 2.75) is 6.92 Å². The van der Waals surface area contributed by atoms with Crippen LogP contribution in [0, 0.1) is 0 Å². The summed E-state index contributed by atoms with van der Waals surface area (Å²) in [6.07, 6.45) is 3.13. The Morgan fingerprint density at radius 2 is 1.92 bits per heavy atom. The van der Waals surface area contributed by atoms with Crippen LogP contribution in [0.4, 0.5) is 16.2 Å². The van der Waals surface area contributed by atoms with Gasteiger partial charge in [0.25, 0.3) is 11.1 Å². The maximum Gasteiger partial charge on any atom is 0.294 e. The van der Waals surface area contributed by atoms with Crippen LogP contribution in [0.1, 0.15) is 12.5 Å². The van der Waals surface area contributed by atoms with Crippen LogP contribution in [0.25, 0.3) is 6.08 Å². The van der Waals surface area contributed by atoms with Gasteiger partial charge in [0.2, 0.25) is 5.91 Å². The third-order valence-corrected chi connectivity index (χ3v) is 6.87. The molecule has 0 radical (unpaired) electrons. The van der Waals surface area contributed by atoms with Crippen LogP contribution in [0.5, 0.6) is 11.5 Å². The van der Waals surface area contributed by atoms with E-state index in [2.05, 4.69) is 16.8 Å². The van der Waals surface area contributed by atoms with Crippen molar-refractivity contribution in [1.29, 1.82) is 0 Å². The molecule has 0 spiro atoms. The number of carbonyl (C=O) groups is 3. The summed E-state index contributed by atoms with van der Waals surface area (Å²) in [4.78, 5) is 41.4. The number of carbonyl (C=O) groups excluding carboxylic acids is 3. The van der Waals surface area contributed by atoms with Gasteiger partial charge < -0.3 is 24.4 Å². The molecule has 9 nitrogen and oxygen atoms in total. The minimum absolute atomic E-state index is 0.177. The van der Waals surface area contributed by atoms with Gasteiger partial charge in [0.05, 0.1) is 29.7 Å². The van der Waals surface area contributed by atoms with Crippen LogP contribution in [0.3, 0.4) is 0 Å². The second-order valence-corrected chi connectivity index (χ2v) is 9.73. The van der Waals surface area contributed by atoms with E-state index < -0.39 is 23.6 Å². The van der Waals surface area contributed by atoms with E-state index in [1.54, 1.807) is 36.4 Å². The zero-order chi connectivity index (χ0) is 27.1. The van der Waals surface area contributed by atoms with Gasteiger partial charge in [-0.2, -0.15) is 0 Å². The Morgan fingerprint density at radius 1 is 1.18 bits per heavy atom. The van der Waals surface area contributed by atoms with Crippen molar-refractivity contribution in [3.8, 4) is 11.5 Å². The quantitative estimate of drug-likeness (QED) is 0.328. The average molecular weight is 558 g/mol. The summed E-state index contributed by atoms with van der Waals surface area (Å²) in [6, 6.07) is 10.7. The average Bonchev–Trinajstić information content (AvgIpc) is 3.16. The van der Waals surface area contributed by atoms with Crippen molar-refractivity contribution < 1.29 is 28.6 Å². The Bertz CT molecular complexity index is 1240. The van der Waals surface area contributed by atoms with E-state index in [1.807, 2.05) is 19.1 Å². The Balaban J connectivity index is 1.41. The van der Waals surface area contributed by atoms with Crippen LogP contribution >= 0.6 is 23.4 Å². The first-order chi connectivity index (χ1) is 18.4. The normalized spacial score (nSPS) is 16.6. The summed E-state index contributed by atoms with van der Waals surface area (Å²) in [5.41, 5.74) is 2.17. The molecule has 0 atom stereocenters. The van der Waals surface area contributed by atoms with Crippen molar-refractivity contribution in [3.05, 3.63) is 64.5 Å². The van der Waals surface area contributed by atoms with Crippen molar-refractivity contribution in [2.24, 2.45) is 0 Å².